The number of nitrogen functional groups attached to an aromatic ring is 1. The van der Waals surface area contributed by atoms with Gasteiger partial charge >= 0.3 is 5.97 Å². The highest BCUT2D eigenvalue weighted by Crippen LogP contribution is 2.30. The number of benzene rings is 1. The molecule has 1 saturated heterocycles. The lowest BCUT2D eigenvalue weighted by Crippen LogP contribution is -2.39. The van der Waals surface area contributed by atoms with Gasteiger partial charge in [-0.1, -0.05) is 0 Å². The third-order valence-electron chi connectivity index (χ3n) is 4.03. The van der Waals surface area contributed by atoms with Crippen LogP contribution >= 0.6 is 0 Å². The van der Waals surface area contributed by atoms with Crippen LogP contribution in [0.25, 0.3) is 0 Å². The first-order valence-electron chi connectivity index (χ1n) is 7.31. The Hall–Kier alpha value is -1.71. The minimum atomic E-state index is -0.0837. The molecule has 0 radical (unpaired) electrons. The van der Waals surface area contributed by atoms with Crippen molar-refractivity contribution >= 4 is 17.3 Å². The monoisotopic (exact) mass is 276 g/mol. The van der Waals surface area contributed by atoms with Gasteiger partial charge in [0.05, 0.1) is 23.9 Å². The number of hydrogen-bond acceptors (Lipinski definition) is 4. The zero-order valence-corrected chi connectivity index (χ0v) is 12.6. The van der Waals surface area contributed by atoms with E-state index in [1.165, 1.54) is 11.1 Å². The fourth-order valence-corrected chi connectivity index (χ4v) is 2.75. The molecular formula is C16H24N2O2. The predicted octanol–water partition coefficient (Wildman–Crippen LogP) is 2.67. The molecule has 0 bridgehead atoms. The molecule has 1 aliphatic heterocycles. The fourth-order valence-electron chi connectivity index (χ4n) is 2.75. The van der Waals surface area contributed by atoms with E-state index in [2.05, 4.69) is 24.8 Å². The predicted molar refractivity (Wildman–Crippen MR) is 81.9 cm³/mol. The number of hydrogen-bond donors (Lipinski definition) is 1. The molecule has 4 heteroatoms. The van der Waals surface area contributed by atoms with Crippen molar-refractivity contribution < 1.29 is 9.53 Å². The van der Waals surface area contributed by atoms with Crippen molar-refractivity contribution in [2.45, 2.75) is 33.6 Å². The molecule has 0 saturated carbocycles. The summed E-state index contributed by atoms with van der Waals surface area (Å²) in [5.41, 5.74) is 10.4. The lowest BCUT2D eigenvalue weighted by atomic mass is 9.96. The van der Waals surface area contributed by atoms with Crippen molar-refractivity contribution in [3.63, 3.8) is 0 Å². The number of aryl methyl sites for hydroxylation is 2. The molecule has 1 fully saturated rings. The van der Waals surface area contributed by atoms with E-state index in [1.54, 1.807) is 0 Å². The molecule has 1 aliphatic rings. The molecular weight excluding hydrogens is 252 g/mol. The van der Waals surface area contributed by atoms with Crippen LogP contribution in [0.1, 0.15) is 30.9 Å². The number of piperidine rings is 1. The van der Waals surface area contributed by atoms with Crippen LogP contribution in [0.3, 0.4) is 0 Å². The van der Waals surface area contributed by atoms with Crippen LogP contribution in [0.15, 0.2) is 12.1 Å². The maximum absolute atomic E-state index is 11.9. The molecule has 0 aliphatic carbocycles. The SMILES string of the molecule is CCOC(=O)[C@H]1CCCN(c2cc(C)c(C)cc2N)C1. The van der Waals surface area contributed by atoms with E-state index in [4.69, 9.17) is 10.5 Å². The van der Waals surface area contributed by atoms with Gasteiger partial charge < -0.3 is 15.4 Å². The third kappa shape index (κ3) is 3.06. The van der Waals surface area contributed by atoms with Gasteiger partial charge in [0.25, 0.3) is 0 Å². The fraction of sp³-hybridized carbons (Fsp3) is 0.562. The summed E-state index contributed by atoms with van der Waals surface area (Å²) in [4.78, 5) is 14.1. The number of ether oxygens (including phenoxy) is 1. The quantitative estimate of drug-likeness (QED) is 0.681. The zero-order valence-electron chi connectivity index (χ0n) is 12.6. The van der Waals surface area contributed by atoms with Gasteiger partial charge in [0.1, 0.15) is 0 Å². The van der Waals surface area contributed by atoms with Crippen LogP contribution in [0.4, 0.5) is 11.4 Å². The maximum Gasteiger partial charge on any atom is 0.310 e. The molecule has 2 rings (SSSR count). The third-order valence-corrected chi connectivity index (χ3v) is 4.03. The highest BCUT2D eigenvalue weighted by Gasteiger charge is 2.27. The topological polar surface area (TPSA) is 55.6 Å². The average molecular weight is 276 g/mol. The van der Waals surface area contributed by atoms with Crippen LogP contribution in [0.5, 0.6) is 0 Å². The van der Waals surface area contributed by atoms with Gasteiger partial charge in [-0.25, -0.2) is 0 Å². The number of rotatable bonds is 3. The van der Waals surface area contributed by atoms with E-state index in [0.29, 0.717) is 13.2 Å². The number of carbonyl (C=O) groups excluding carboxylic acids is 1. The van der Waals surface area contributed by atoms with Gasteiger partial charge in [-0.3, -0.25) is 4.79 Å². The Balaban J connectivity index is 2.17. The molecule has 20 heavy (non-hydrogen) atoms. The summed E-state index contributed by atoms with van der Waals surface area (Å²) in [6.07, 6.45) is 1.90. The Labute approximate surface area is 120 Å². The first kappa shape index (κ1) is 14.7. The molecule has 110 valence electrons. The number of anilines is 2. The van der Waals surface area contributed by atoms with Gasteiger partial charge in [-0.15, -0.1) is 0 Å². The highest BCUT2D eigenvalue weighted by molar-refractivity contribution is 5.75. The molecule has 0 unspecified atom stereocenters. The van der Waals surface area contributed by atoms with Gasteiger partial charge in [-0.2, -0.15) is 0 Å². The molecule has 4 nitrogen and oxygen atoms in total. The minimum Gasteiger partial charge on any atom is -0.466 e. The maximum atomic E-state index is 11.9. The van der Waals surface area contributed by atoms with Gasteiger partial charge in [-0.05, 0) is 56.9 Å². The second-order valence-electron chi connectivity index (χ2n) is 5.53. The Morgan fingerprint density at radius 2 is 2.10 bits per heavy atom. The standard InChI is InChI=1S/C16H24N2O2/c1-4-20-16(19)13-6-5-7-18(10-13)15-9-12(3)11(2)8-14(15)17/h8-9,13H,4-7,10,17H2,1-3H3/t13-/m0/s1. The van der Waals surface area contributed by atoms with E-state index in [9.17, 15) is 4.79 Å². The van der Waals surface area contributed by atoms with Crippen molar-refractivity contribution in [2.24, 2.45) is 5.92 Å². The van der Waals surface area contributed by atoms with Crippen LogP contribution in [0.2, 0.25) is 0 Å². The zero-order chi connectivity index (χ0) is 14.7. The number of carbonyl (C=O) groups is 1. The Bertz CT molecular complexity index is 499. The Morgan fingerprint density at radius 3 is 2.80 bits per heavy atom. The molecule has 1 atom stereocenters. The van der Waals surface area contributed by atoms with Crippen LogP contribution in [0, 0.1) is 19.8 Å². The van der Waals surface area contributed by atoms with Crippen LogP contribution in [-0.2, 0) is 9.53 Å². The number of nitrogens with zero attached hydrogens (tertiary/aromatic N) is 1. The van der Waals surface area contributed by atoms with Gasteiger partial charge in [0, 0.05) is 13.1 Å². The van der Waals surface area contributed by atoms with E-state index < -0.39 is 0 Å². The molecule has 0 spiro atoms. The highest BCUT2D eigenvalue weighted by atomic mass is 16.5. The number of nitrogens with two attached hydrogens (primary N) is 1. The Morgan fingerprint density at radius 1 is 1.40 bits per heavy atom. The van der Waals surface area contributed by atoms with Gasteiger partial charge in [0.2, 0.25) is 0 Å². The van der Waals surface area contributed by atoms with Crippen molar-refractivity contribution in [3.8, 4) is 0 Å². The van der Waals surface area contributed by atoms with Gasteiger partial charge in [0.15, 0.2) is 0 Å². The lowest BCUT2D eigenvalue weighted by molar-refractivity contribution is -0.148. The normalized spacial score (nSPS) is 18.9. The molecule has 0 amide bonds. The molecule has 1 aromatic rings. The largest absolute Gasteiger partial charge is 0.466 e. The summed E-state index contributed by atoms with van der Waals surface area (Å²) < 4.78 is 5.14. The molecule has 1 heterocycles. The van der Waals surface area contributed by atoms with Crippen molar-refractivity contribution in [1.29, 1.82) is 0 Å². The van der Waals surface area contributed by atoms with Crippen LogP contribution < -0.4 is 10.6 Å². The van der Waals surface area contributed by atoms with E-state index in [-0.39, 0.29) is 11.9 Å². The summed E-state index contributed by atoms with van der Waals surface area (Å²) in [6, 6.07) is 4.14. The molecule has 2 N–H and O–H groups in total. The van der Waals surface area contributed by atoms with E-state index >= 15 is 0 Å². The summed E-state index contributed by atoms with van der Waals surface area (Å²) >= 11 is 0. The lowest BCUT2D eigenvalue weighted by Gasteiger charge is -2.34. The van der Waals surface area contributed by atoms with Crippen molar-refractivity contribution in [3.05, 3.63) is 23.3 Å². The summed E-state index contributed by atoms with van der Waals surface area (Å²) in [7, 11) is 0. The summed E-state index contributed by atoms with van der Waals surface area (Å²) in [6.45, 7) is 8.09. The first-order chi connectivity index (χ1) is 9.52. The average Bonchev–Trinajstić information content (AvgIpc) is 2.43. The summed E-state index contributed by atoms with van der Waals surface area (Å²) in [5.74, 6) is -0.121. The second-order valence-corrected chi connectivity index (χ2v) is 5.53. The second kappa shape index (κ2) is 6.16. The smallest absolute Gasteiger partial charge is 0.310 e. The van der Waals surface area contributed by atoms with Crippen molar-refractivity contribution in [1.82, 2.24) is 0 Å². The Kier molecular flexibility index (Phi) is 4.53. The van der Waals surface area contributed by atoms with E-state index in [0.717, 1.165) is 30.8 Å². The molecule has 1 aromatic carbocycles. The van der Waals surface area contributed by atoms with Crippen LogP contribution in [-0.4, -0.2) is 25.7 Å². The van der Waals surface area contributed by atoms with Crippen molar-refractivity contribution in [2.75, 3.05) is 30.3 Å². The summed E-state index contributed by atoms with van der Waals surface area (Å²) in [5, 5.41) is 0. The molecule has 0 aromatic heterocycles. The van der Waals surface area contributed by atoms with E-state index in [1.807, 2.05) is 13.0 Å². The minimum absolute atomic E-state index is 0.0373. The number of esters is 1. The first-order valence-corrected chi connectivity index (χ1v) is 7.31.